The predicted octanol–water partition coefficient (Wildman–Crippen LogP) is 2.35. The fraction of sp³-hybridized carbons (Fsp3) is 0.167. The van der Waals surface area contributed by atoms with Gasteiger partial charge in [0.1, 0.15) is 5.82 Å². The van der Waals surface area contributed by atoms with Gasteiger partial charge in [-0.2, -0.15) is 0 Å². The normalized spacial score (nSPS) is 10.8. The number of nitrogens with two attached hydrogens (primary N) is 1. The van der Waals surface area contributed by atoms with Crippen LogP contribution in [0.1, 0.15) is 12.0 Å². The Balaban J connectivity index is 3.33. The van der Waals surface area contributed by atoms with Crippen LogP contribution < -0.4 is 5.73 Å². The van der Waals surface area contributed by atoms with Gasteiger partial charge in [-0.15, -0.1) is 0 Å². The van der Waals surface area contributed by atoms with Gasteiger partial charge in [-0.05, 0) is 22.6 Å². The molecule has 0 spiro atoms. The molecular formula is C6H4F3IN2. The zero-order chi connectivity index (χ0) is 9.30. The van der Waals surface area contributed by atoms with Crippen LogP contribution in [-0.2, 0) is 0 Å². The molecule has 0 bridgehead atoms. The van der Waals surface area contributed by atoms with E-state index in [-0.39, 0.29) is 9.39 Å². The highest BCUT2D eigenvalue weighted by Gasteiger charge is 2.19. The number of nitrogens with zero attached hydrogens (tertiary/aromatic N) is 1. The first-order valence-electron chi connectivity index (χ1n) is 2.91. The minimum absolute atomic E-state index is 0.0254. The molecule has 1 aromatic heterocycles. The lowest BCUT2D eigenvalue weighted by Gasteiger charge is -2.05. The van der Waals surface area contributed by atoms with Gasteiger partial charge < -0.3 is 5.73 Å². The maximum absolute atomic E-state index is 12.7. The van der Waals surface area contributed by atoms with Crippen LogP contribution in [0.5, 0.6) is 0 Å². The van der Waals surface area contributed by atoms with Gasteiger partial charge in [-0.1, -0.05) is 0 Å². The van der Waals surface area contributed by atoms with Crippen molar-refractivity contribution in [1.29, 1.82) is 0 Å². The van der Waals surface area contributed by atoms with Crippen molar-refractivity contribution in [1.82, 2.24) is 4.98 Å². The molecule has 12 heavy (non-hydrogen) atoms. The molecule has 2 nitrogen and oxygen atoms in total. The Morgan fingerprint density at radius 1 is 1.50 bits per heavy atom. The van der Waals surface area contributed by atoms with Gasteiger partial charge in [0.15, 0.2) is 5.82 Å². The fourth-order valence-electron chi connectivity index (χ4n) is 0.695. The van der Waals surface area contributed by atoms with E-state index in [9.17, 15) is 13.2 Å². The van der Waals surface area contributed by atoms with Gasteiger partial charge in [0.05, 0.1) is 15.3 Å². The maximum atomic E-state index is 12.7. The second kappa shape index (κ2) is 3.46. The molecule has 0 saturated heterocycles. The highest BCUT2D eigenvalue weighted by molar-refractivity contribution is 14.1. The van der Waals surface area contributed by atoms with Crippen molar-refractivity contribution in [3.63, 3.8) is 0 Å². The topological polar surface area (TPSA) is 38.9 Å². The van der Waals surface area contributed by atoms with E-state index < -0.39 is 17.8 Å². The molecule has 0 amide bonds. The smallest absolute Gasteiger partial charge is 0.267 e. The predicted molar refractivity (Wildman–Crippen MR) is 46.3 cm³/mol. The van der Waals surface area contributed by atoms with E-state index >= 15 is 0 Å². The fourth-order valence-corrected chi connectivity index (χ4v) is 1.33. The average Bonchev–Trinajstić information content (AvgIpc) is 1.97. The minimum Gasteiger partial charge on any atom is -0.383 e. The molecule has 66 valence electrons. The largest absolute Gasteiger partial charge is 0.383 e. The summed E-state index contributed by atoms with van der Waals surface area (Å²) in [6.45, 7) is 0. The van der Waals surface area contributed by atoms with E-state index in [0.717, 1.165) is 0 Å². The van der Waals surface area contributed by atoms with E-state index in [1.807, 2.05) is 0 Å². The number of halogens is 4. The number of hydrogen-bond acceptors (Lipinski definition) is 2. The molecule has 0 aliphatic carbocycles. The summed E-state index contributed by atoms with van der Waals surface area (Å²) in [4.78, 5) is 3.38. The molecule has 1 heterocycles. The Morgan fingerprint density at radius 2 is 2.08 bits per heavy atom. The van der Waals surface area contributed by atoms with E-state index in [1.54, 1.807) is 0 Å². The average molecular weight is 288 g/mol. The molecule has 0 radical (unpaired) electrons. The molecule has 0 atom stereocenters. The van der Waals surface area contributed by atoms with Crippen LogP contribution in [0.4, 0.5) is 19.0 Å². The Hall–Kier alpha value is -0.530. The standard InChI is InChI=1S/C6H4F3IN2/c7-2-1-12-6(11)4(10)3(2)5(8)9/h1,5H,(H2,11,12). The molecule has 0 saturated carbocycles. The van der Waals surface area contributed by atoms with Gasteiger partial charge in [0.2, 0.25) is 0 Å². The van der Waals surface area contributed by atoms with Crippen LogP contribution in [0.2, 0.25) is 0 Å². The van der Waals surface area contributed by atoms with E-state index in [4.69, 9.17) is 5.73 Å². The van der Waals surface area contributed by atoms with Gasteiger partial charge in [-0.3, -0.25) is 0 Å². The first kappa shape index (κ1) is 9.56. The molecule has 0 unspecified atom stereocenters. The summed E-state index contributed by atoms with van der Waals surface area (Å²) in [5.41, 5.74) is 4.53. The summed E-state index contributed by atoms with van der Waals surface area (Å²) in [5, 5.41) is 0. The van der Waals surface area contributed by atoms with Crippen molar-refractivity contribution in [2.24, 2.45) is 0 Å². The lowest BCUT2D eigenvalue weighted by molar-refractivity contribution is 0.145. The Morgan fingerprint density at radius 3 is 2.50 bits per heavy atom. The first-order valence-corrected chi connectivity index (χ1v) is 3.99. The monoisotopic (exact) mass is 288 g/mol. The quantitative estimate of drug-likeness (QED) is 0.806. The maximum Gasteiger partial charge on any atom is 0.267 e. The summed E-state index contributed by atoms with van der Waals surface area (Å²) in [5.74, 6) is -1.10. The first-order chi connectivity index (χ1) is 5.54. The number of alkyl halides is 2. The van der Waals surface area contributed by atoms with Crippen molar-refractivity contribution in [3.05, 3.63) is 21.1 Å². The SMILES string of the molecule is Nc1ncc(F)c(C(F)F)c1I. The molecular weight excluding hydrogens is 284 g/mol. The zero-order valence-electron chi connectivity index (χ0n) is 5.69. The summed E-state index contributed by atoms with van der Waals surface area (Å²) in [7, 11) is 0. The van der Waals surface area contributed by atoms with Crippen molar-refractivity contribution in [2.45, 2.75) is 6.43 Å². The second-order valence-corrected chi connectivity index (χ2v) is 3.10. The lowest BCUT2D eigenvalue weighted by atomic mass is 10.2. The molecule has 1 aromatic rings. The number of anilines is 1. The number of rotatable bonds is 1. The summed E-state index contributed by atoms with van der Waals surface area (Å²) in [6, 6.07) is 0. The third-order valence-electron chi connectivity index (χ3n) is 1.25. The summed E-state index contributed by atoms with van der Waals surface area (Å²) >= 11 is 1.54. The van der Waals surface area contributed by atoms with Crippen LogP contribution in [0.3, 0.4) is 0 Å². The Labute approximate surface area is 80.1 Å². The van der Waals surface area contributed by atoms with E-state index in [1.165, 1.54) is 22.6 Å². The molecule has 2 N–H and O–H groups in total. The Bertz CT molecular complexity index is 303. The van der Waals surface area contributed by atoms with Crippen molar-refractivity contribution >= 4 is 28.4 Å². The van der Waals surface area contributed by atoms with Crippen LogP contribution >= 0.6 is 22.6 Å². The minimum atomic E-state index is -2.86. The van der Waals surface area contributed by atoms with Gasteiger partial charge in [0, 0.05) is 0 Å². The van der Waals surface area contributed by atoms with Crippen LogP contribution in [0.15, 0.2) is 6.20 Å². The van der Waals surface area contributed by atoms with Crippen LogP contribution in [0.25, 0.3) is 0 Å². The van der Waals surface area contributed by atoms with Crippen molar-refractivity contribution in [2.75, 3.05) is 5.73 Å². The molecule has 6 heteroatoms. The molecule has 0 aliphatic rings. The van der Waals surface area contributed by atoms with Gasteiger partial charge in [0.25, 0.3) is 6.43 Å². The second-order valence-electron chi connectivity index (χ2n) is 2.02. The number of hydrogen-bond donors (Lipinski definition) is 1. The van der Waals surface area contributed by atoms with Crippen LogP contribution in [-0.4, -0.2) is 4.98 Å². The van der Waals surface area contributed by atoms with Crippen LogP contribution in [0, 0.1) is 9.39 Å². The van der Waals surface area contributed by atoms with Gasteiger partial charge in [-0.25, -0.2) is 18.2 Å². The molecule has 0 fully saturated rings. The number of pyridine rings is 1. The van der Waals surface area contributed by atoms with Crippen molar-refractivity contribution in [3.8, 4) is 0 Å². The Kier molecular flexibility index (Phi) is 2.76. The van der Waals surface area contributed by atoms with E-state index in [0.29, 0.717) is 6.20 Å². The number of nitrogen functional groups attached to an aromatic ring is 1. The summed E-state index contributed by atoms with van der Waals surface area (Å²) in [6.07, 6.45) is -2.17. The lowest BCUT2D eigenvalue weighted by Crippen LogP contribution is -2.02. The number of aromatic nitrogens is 1. The van der Waals surface area contributed by atoms with Gasteiger partial charge >= 0.3 is 0 Å². The van der Waals surface area contributed by atoms with Crippen molar-refractivity contribution < 1.29 is 13.2 Å². The third-order valence-corrected chi connectivity index (χ3v) is 2.39. The van der Waals surface area contributed by atoms with E-state index in [2.05, 4.69) is 4.98 Å². The molecule has 0 aromatic carbocycles. The highest BCUT2D eigenvalue weighted by atomic mass is 127. The molecule has 1 rings (SSSR count). The third kappa shape index (κ3) is 1.62. The zero-order valence-corrected chi connectivity index (χ0v) is 7.85. The summed E-state index contributed by atoms with van der Waals surface area (Å²) < 4.78 is 36.9. The highest BCUT2D eigenvalue weighted by Crippen LogP contribution is 2.29. The molecule has 0 aliphatic heterocycles.